The average molecular weight is 285 g/mol. The minimum Gasteiger partial charge on any atom is -0.476 e. The number of carboxylic acid groups (broad SMARTS) is 1. The molecule has 9 heteroatoms. The van der Waals surface area contributed by atoms with Gasteiger partial charge in [-0.15, -0.1) is 13.2 Å². The number of carboxylic acids is 1. The summed E-state index contributed by atoms with van der Waals surface area (Å²) in [4.78, 5) is 21.7. The molecule has 0 saturated heterocycles. The Bertz CT molecular complexity index is 629. The first kappa shape index (κ1) is 13.7. The molecule has 0 spiro atoms. The summed E-state index contributed by atoms with van der Waals surface area (Å²) in [7, 11) is 0. The largest absolute Gasteiger partial charge is 0.574 e. The monoisotopic (exact) mass is 285 g/mol. The number of halogens is 3. The highest BCUT2D eigenvalue weighted by molar-refractivity contribution is 5.85. The molecular formula is C11H6F3N3O3. The fraction of sp³-hybridized carbons (Fsp3) is 0.0909. The molecule has 0 amide bonds. The first-order valence-electron chi connectivity index (χ1n) is 5.13. The first-order valence-corrected chi connectivity index (χ1v) is 5.13. The van der Waals surface area contributed by atoms with Crippen molar-refractivity contribution in [2.75, 3.05) is 0 Å². The fourth-order valence-corrected chi connectivity index (χ4v) is 1.32. The summed E-state index contributed by atoms with van der Waals surface area (Å²) < 4.78 is 39.5. The van der Waals surface area contributed by atoms with Gasteiger partial charge in [-0.1, -0.05) is 0 Å². The van der Waals surface area contributed by atoms with E-state index >= 15 is 0 Å². The average Bonchev–Trinajstić information content (AvgIpc) is 2.38. The normalized spacial score (nSPS) is 11.2. The van der Waals surface area contributed by atoms with Crippen molar-refractivity contribution in [2.45, 2.75) is 6.36 Å². The number of aromatic carboxylic acids is 1. The molecule has 104 valence electrons. The van der Waals surface area contributed by atoms with Gasteiger partial charge in [0, 0.05) is 17.8 Å². The Morgan fingerprint density at radius 1 is 1.20 bits per heavy atom. The highest BCUT2D eigenvalue weighted by Crippen LogP contribution is 2.23. The molecule has 2 rings (SSSR count). The van der Waals surface area contributed by atoms with Gasteiger partial charge < -0.3 is 9.84 Å². The zero-order valence-corrected chi connectivity index (χ0v) is 9.63. The fourth-order valence-electron chi connectivity index (χ4n) is 1.32. The van der Waals surface area contributed by atoms with Crippen molar-refractivity contribution < 1.29 is 27.8 Å². The van der Waals surface area contributed by atoms with Crippen LogP contribution in [0.3, 0.4) is 0 Å². The third kappa shape index (κ3) is 3.40. The van der Waals surface area contributed by atoms with Crippen molar-refractivity contribution in [2.24, 2.45) is 0 Å². The zero-order chi connectivity index (χ0) is 14.8. The summed E-state index contributed by atoms with van der Waals surface area (Å²) in [5.74, 6) is -1.88. The molecular weight excluding hydrogens is 279 g/mol. The number of rotatable bonds is 3. The van der Waals surface area contributed by atoms with Gasteiger partial charge in [-0.05, 0) is 6.07 Å². The van der Waals surface area contributed by atoms with Gasteiger partial charge in [-0.3, -0.25) is 4.98 Å². The number of hydrogen-bond acceptors (Lipinski definition) is 5. The third-order valence-electron chi connectivity index (χ3n) is 2.11. The van der Waals surface area contributed by atoms with E-state index in [9.17, 15) is 18.0 Å². The third-order valence-corrected chi connectivity index (χ3v) is 2.11. The summed E-state index contributed by atoms with van der Waals surface area (Å²) in [6.07, 6.45) is -1.41. The highest BCUT2D eigenvalue weighted by Gasteiger charge is 2.31. The molecule has 0 aromatic carbocycles. The standard InChI is InChI=1S/C11H6F3N3O3/c12-11(13,14)20-9-2-1-6(3-16-9)7-4-15-5-8(17-7)10(18)19/h1-5H,(H,18,19). The Hall–Kier alpha value is -2.71. The zero-order valence-electron chi connectivity index (χ0n) is 9.63. The maximum absolute atomic E-state index is 12.0. The summed E-state index contributed by atoms with van der Waals surface area (Å²) in [5.41, 5.74) is 0.212. The van der Waals surface area contributed by atoms with Crippen LogP contribution in [0, 0.1) is 0 Å². The molecule has 2 heterocycles. The molecule has 0 aliphatic heterocycles. The van der Waals surface area contributed by atoms with Crippen LogP contribution >= 0.6 is 0 Å². The van der Waals surface area contributed by atoms with Crippen molar-refractivity contribution >= 4 is 5.97 Å². The predicted octanol–water partition coefficient (Wildman–Crippen LogP) is 2.14. The Morgan fingerprint density at radius 2 is 1.95 bits per heavy atom. The van der Waals surface area contributed by atoms with Crippen LogP contribution in [0.4, 0.5) is 13.2 Å². The smallest absolute Gasteiger partial charge is 0.476 e. The van der Waals surface area contributed by atoms with Gasteiger partial charge in [0.25, 0.3) is 0 Å². The molecule has 0 bridgehead atoms. The number of ether oxygens (including phenoxy) is 1. The Morgan fingerprint density at radius 3 is 2.50 bits per heavy atom. The van der Waals surface area contributed by atoms with Crippen LogP contribution in [0.15, 0.2) is 30.7 Å². The number of aromatic nitrogens is 3. The minimum atomic E-state index is -4.82. The van der Waals surface area contributed by atoms with Crippen LogP contribution in [0.2, 0.25) is 0 Å². The van der Waals surface area contributed by atoms with E-state index in [-0.39, 0.29) is 11.4 Å². The maximum Gasteiger partial charge on any atom is 0.574 e. The molecule has 2 aromatic rings. The molecule has 0 aliphatic carbocycles. The molecule has 2 aromatic heterocycles. The van der Waals surface area contributed by atoms with E-state index in [2.05, 4.69) is 19.7 Å². The van der Waals surface area contributed by atoms with E-state index in [1.165, 1.54) is 12.3 Å². The number of carbonyl (C=O) groups is 1. The van der Waals surface area contributed by atoms with Gasteiger partial charge in [-0.25, -0.2) is 14.8 Å². The predicted molar refractivity (Wildman–Crippen MR) is 58.9 cm³/mol. The molecule has 20 heavy (non-hydrogen) atoms. The first-order chi connectivity index (χ1) is 9.35. The van der Waals surface area contributed by atoms with E-state index < -0.39 is 18.2 Å². The lowest BCUT2D eigenvalue weighted by molar-refractivity contribution is -0.276. The van der Waals surface area contributed by atoms with Gasteiger partial charge in [0.05, 0.1) is 18.1 Å². The van der Waals surface area contributed by atoms with Crippen molar-refractivity contribution in [3.8, 4) is 17.1 Å². The van der Waals surface area contributed by atoms with Crippen LogP contribution in [0.5, 0.6) is 5.88 Å². The van der Waals surface area contributed by atoms with Gasteiger partial charge >= 0.3 is 12.3 Å². The molecule has 0 fully saturated rings. The SMILES string of the molecule is O=C(O)c1cncc(-c2ccc(OC(F)(F)F)nc2)n1. The minimum absolute atomic E-state index is 0.177. The van der Waals surface area contributed by atoms with E-state index in [4.69, 9.17) is 5.11 Å². The number of alkyl halides is 3. The lowest BCUT2D eigenvalue weighted by Gasteiger charge is -2.08. The van der Waals surface area contributed by atoms with Crippen LogP contribution in [-0.2, 0) is 0 Å². The maximum atomic E-state index is 12.0. The summed E-state index contributed by atoms with van der Waals surface area (Å²) in [6.45, 7) is 0. The van der Waals surface area contributed by atoms with E-state index in [0.29, 0.717) is 5.56 Å². The summed E-state index contributed by atoms with van der Waals surface area (Å²) >= 11 is 0. The number of hydrogen-bond donors (Lipinski definition) is 1. The van der Waals surface area contributed by atoms with Gasteiger partial charge in [-0.2, -0.15) is 0 Å². The van der Waals surface area contributed by atoms with E-state index in [1.807, 2.05) is 0 Å². The van der Waals surface area contributed by atoms with Crippen molar-refractivity contribution in [3.63, 3.8) is 0 Å². The second-order valence-electron chi connectivity index (χ2n) is 3.53. The molecule has 1 N–H and O–H groups in total. The molecule has 6 nitrogen and oxygen atoms in total. The van der Waals surface area contributed by atoms with Crippen LogP contribution in [-0.4, -0.2) is 32.4 Å². The molecule has 0 aliphatic rings. The number of nitrogens with zero attached hydrogens (tertiary/aromatic N) is 3. The van der Waals surface area contributed by atoms with Crippen molar-refractivity contribution in [1.82, 2.24) is 15.0 Å². The topological polar surface area (TPSA) is 85.2 Å². The molecule has 0 atom stereocenters. The van der Waals surface area contributed by atoms with E-state index in [0.717, 1.165) is 18.5 Å². The Labute approximate surface area is 109 Å². The lowest BCUT2D eigenvalue weighted by Crippen LogP contribution is -2.17. The van der Waals surface area contributed by atoms with Gasteiger partial charge in [0.1, 0.15) is 0 Å². The van der Waals surface area contributed by atoms with Gasteiger partial charge in [0.2, 0.25) is 5.88 Å². The van der Waals surface area contributed by atoms with Crippen LogP contribution < -0.4 is 4.74 Å². The second kappa shape index (κ2) is 5.11. The molecule has 0 saturated carbocycles. The molecule has 0 radical (unpaired) electrons. The van der Waals surface area contributed by atoms with Crippen LogP contribution in [0.1, 0.15) is 10.5 Å². The highest BCUT2D eigenvalue weighted by atomic mass is 19.4. The van der Waals surface area contributed by atoms with Crippen molar-refractivity contribution in [3.05, 3.63) is 36.4 Å². The second-order valence-corrected chi connectivity index (χ2v) is 3.53. The van der Waals surface area contributed by atoms with E-state index in [1.54, 1.807) is 0 Å². The van der Waals surface area contributed by atoms with Gasteiger partial charge in [0.15, 0.2) is 5.69 Å². The Balaban J connectivity index is 2.26. The number of pyridine rings is 1. The summed E-state index contributed by atoms with van der Waals surface area (Å²) in [6, 6.07) is 2.27. The molecule has 0 unspecified atom stereocenters. The lowest BCUT2D eigenvalue weighted by atomic mass is 10.2. The summed E-state index contributed by atoms with van der Waals surface area (Å²) in [5, 5.41) is 8.76. The van der Waals surface area contributed by atoms with Crippen LogP contribution in [0.25, 0.3) is 11.3 Å². The van der Waals surface area contributed by atoms with Crippen molar-refractivity contribution in [1.29, 1.82) is 0 Å². The Kier molecular flexibility index (Phi) is 3.51. The quantitative estimate of drug-likeness (QED) is 0.929.